The van der Waals surface area contributed by atoms with Gasteiger partial charge in [0.05, 0.1) is 12.0 Å². The molecule has 3 aromatic rings. The average molecular weight is 421 g/mol. The molecule has 0 spiro atoms. The molecule has 2 aromatic carbocycles. The van der Waals surface area contributed by atoms with E-state index in [2.05, 4.69) is 5.32 Å². The van der Waals surface area contributed by atoms with Gasteiger partial charge in [0.1, 0.15) is 5.75 Å². The molecule has 5 nitrogen and oxygen atoms in total. The van der Waals surface area contributed by atoms with Crippen molar-refractivity contribution >= 4 is 28.8 Å². The number of hydrogen-bond donors (Lipinski definition) is 1. The van der Waals surface area contributed by atoms with Crippen LogP contribution in [0.25, 0.3) is 11.1 Å². The lowest BCUT2D eigenvalue weighted by atomic mass is 10.1. The molecule has 0 atom stereocenters. The fourth-order valence-electron chi connectivity index (χ4n) is 3.68. The van der Waals surface area contributed by atoms with E-state index in [4.69, 9.17) is 4.74 Å². The molecule has 6 heteroatoms. The second-order valence-corrected chi connectivity index (χ2v) is 8.57. The van der Waals surface area contributed by atoms with E-state index in [1.54, 1.807) is 7.11 Å². The number of carbonyl (C=O) groups excluding carboxylic acids is 2. The van der Waals surface area contributed by atoms with Crippen LogP contribution >= 0.6 is 11.3 Å². The molecule has 4 rings (SSSR count). The number of benzene rings is 2. The molecule has 1 N–H and O–H groups in total. The van der Waals surface area contributed by atoms with Crippen molar-refractivity contribution in [2.45, 2.75) is 26.3 Å². The minimum atomic E-state index is -0.0921. The van der Waals surface area contributed by atoms with Crippen molar-refractivity contribution in [3.63, 3.8) is 0 Å². The number of anilines is 1. The molecule has 0 aliphatic carbocycles. The predicted octanol–water partition coefficient (Wildman–Crippen LogP) is 4.79. The summed E-state index contributed by atoms with van der Waals surface area (Å²) in [5.74, 6) is 0.879. The molecule has 30 heavy (non-hydrogen) atoms. The van der Waals surface area contributed by atoms with E-state index in [9.17, 15) is 9.59 Å². The summed E-state index contributed by atoms with van der Waals surface area (Å²) in [6, 6.07) is 17.6. The van der Waals surface area contributed by atoms with E-state index in [1.807, 2.05) is 66.4 Å². The van der Waals surface area contributed by atoms with Crippen LogP contribution in [0.1, 0.15) is 33.0 Å². The summed E-state index contributed by atoms with van der Waals surface area (Å²) in [6.07, 6.45) is 1.50. The smallest absolute Gasteiger partial charge is 0.261 e. The molecule has 0 bridgehead atoms. The number of aryl methyl sites for hydroxylation is 1. The van der Waals surface area contributed by atoms with Crippen LogP contribution in [0.2, 0.25) is 0 Å². The van der Waals surface area contributed by atoms with Gasteiger partial charge in [-0.3, -0.25) is 9.59 Å². The van der Waals surface area contributed by atoms with Crippen LogP contribution in [0.5, 0.6) is 5.75 Å². The van der Waals surface area contributed by atoms with Crippen LogP contribution in [0, 0.1) is 6.92 Å². The number of nitrogens with one attached hydrogen (secondary N) is 1. The molecular formula is C24H24N2O3S. The number of carbonyl (C=O) groups is 2. The van der Waals surface area contributed by atoms with E-state index >= 15 is 0 Å². The van der Waals surface area contributed by atoms with E-state index in [0.717, 1.165) is 46.0 Å². The molecule has 1 saturated heterocycles. The van der Waals surface area contributed by atoms with Crippen LogP contribution in [0.3, 0.4) is 0 Å². The van der Waals surface area contributed by atoms with E-state index in [1.165, 1.54) is 11.3 Å². The molecule has 0 radical (unpaired) electrons. The third kappa shape index (κ3) is 4.24. The number of methoxy groups -OCH3 is 1. The molecule has 1 aromatic heterocycles. The zero-order chi connectivity index (χ0) is 21.1. The highest BCUT2D eigenvalue weighted by atomic mass is 32.1. The fourth-order valence-corrected chi connectivity index (χ4v) is 4.63. The van der Waals surface area contributed by atoms with E-state index in [0.29, 0.717) is 17.8 Å². The van der Waals surface area contributed by atoms with Crippen molar-refractivity contribution in [1.82, 2.24) is 5.32 Å². The maximum Gasteiger partial charge on any atom is 0.261 e. The zero-order valence-corrected chi connectivity index (χ0v) is 17.9. The minimum absolute atomic E-state index is 0.0921. The number of rotatable bonds is 6. The van der Waals surface area contributed by atoms with Gasteiger partial charge < -0.3 is 15.0 Å². The van der Waals surface area contributed by atoms with Crippen molar-refractivity contribution < 1.29 is 14.3 Å². The lowest BCUT2D eigenvalue weighted by Gasteiger charge is -2.16. The summed E-state index contributed by atoms with van der Waals surface area (Å²) in [5, 5.41) is 3.00. The van der Waals surface area contributed by atoms with Gasteiger partial charge in [0.25, 0.3) is 5.91 Å². The van der Waals surface area contributed by atoms with Gasteiger partial charge in [-0.25, -0.2) is 0 Å². The normalized spacial score (nSPS) is 13.5. The molecule has 2 amide bonds. The van der Waals surface area contributed by atoms with Crippen LogP contribution in [0.15, 0.2) is 54.6 Å². The third-order valence-electron chi connectivity index (χ3n) is 5.29. The fraction of sp³-hybridized carbons (Fsp3) is 0.250. The van der Waals surface area contributed by atoms with Gasteiger partial charge >= 0.3 is 0 Å². The lowest BCUT2D eigenvalue weighted by molar-refractivity contribution is -0.117. The minimum Gasteiger partial charge on any atom is -0.497 e. The molecular weight excluding hydrogens is 396 g/mol. The Labute approximate surface area is 180 Å². The Morgan fingerprint density at radius 2 is 1.97 bits per heavy atom. The SMILES string of the molecule is COc1ccc(-c2cc(C(=O)NCc3cccc(N4CCCC4=O)c3)sc2C)cc1. The Bertz CT molecular complexity index is 1070. The highest BCUT2D eigenvalue weighted by Gasteiger charge is 2.21. The maximum atomic E-state index is 12.7. The summed E-state index contributed by atoms with van der Waals surface area (Å²) in [4.78, 5) is 28.3. The van der Waals surface area contributed by atoms with Crippen LogP contribution in [-0.2, 0) is 11.3 Å². The van der Waals surface area contributed by atoms with Crippen molar-refractivity contribution in [2.24, 2.45) is 0 Å². The van der Waals surface area contributed by atoms with Gasteiger partial charge in [-0.2, -0.15) is 0 Å². The number of nitrogens with zero attached hydrogens (tertiary/aromatic N) is 1. The number of thiophene rings is 1. The predicted molar refractivity (Wildman–Crippen MR) is 120 cm³/mol. The molecule has 1 aliphatic heterocycles. The van der Waals surface area contributed by atoms with E-state index < -0.39 is 0 Å². The van der Waals surface area contributed by atoms with Gasteiger partial charge in [0.15, 0.2) is 0 Å². The Morgan fingerprint density at radius 3 is 2.67 bits per heavy atom. The second-order valence-electron chi connectivity index (χ2n) is 7.31. The first kappa shape index (κ1) is 20.2. The first-order valence-electron chi connectivity index (χ1n) is 9.97. The summed E-state index contributed by atoms with van der Waals surface area (Å²) < 4.78 is 5.22. The first-order chi connectivity index (χ1) is 14.5. The highest BCUT2D eigenvalue weighted by molar-refractivity contribution is 7.14. The monoisotopic (exact) mass is 420 g/mol. The van der Waals surface area contributed by atoms with Crippen molar-refractivity contribution in [1.29, 1.82) is 0 Å². The summed E-state index contributed by atoms with van der Waals surface area (Å²) in [5.41, 5.74) is 4.00. The summed E-state index contributed by atoms with van der Waals surface area (Å²) in [6.45, 7) is 3.21. The van der Waals surface area contributed by atoms with Crippen LogP contribution in [-0.4, -0.2) is 25.5 Å². The van der Waals surface area contributed by atoms with Crippen molar-refractivity contribution in [3.05, 3.63) is 69.9 Å². The number of ether oxygens (including phenoxy) is 1. The van der Waals surface area contributed by atoms with E-state index in [-0.39, 0.29) is 11.8 Å². The number of hydrogen-bond acceptors (Lipinski definition) is 4. The third-order valence-corrected chi connectivity index (χ3v) is 6.34. The van der Waals surface area contributed by atoms with Gasteiger partial charge in [0.2, 0.25) is 5.91 Å². The standard InChI is InChI=1S/C24H24N2O3S/c1-16-21(18-8-10-20(29-2)11-9-18)14-22(30-16)24(28)25-15-17-5-3-6-19(13-17)26-12-4-7-23(26)27/h3,5-6,8-11,13-14H,4,7,12,15H2,1-2H3,(H,25,28). The lowest BCUT2D eigenvalue weighted by Crippen LogP contribution is -2.24. The topological polar surface area (TPSA) is 58.6 Å². The molecule has 0 unspecified atom stereocenters. The van der Waals surface area contributed by atoms with Gasteiger partial charge in [0, 0.05) is 30.1 Å². The average Bonchev–Trinajstić information content (AvgIpc) is 3.38. The Balaban J connectivity index is 1.44. The van der Waals surface area contributed by atoms with Gasteiger partial charge in [-0.05, 0) is 60.4 Å². The quantitative estimate of drug-likeness (QED) is 0.624. The van der Waals surface area contributed by atoms with Crippen LogP contribution in [0.4, 0.5) is 5.69 Å². The Morgan fingerprint density at radius 1 is 1.17 bits per heavy atom. The number of amides is 2. The Hall–Kier alpha value is -3.12. The van der Waals surface area contributed by atoms with Crippen molar-refractivity contribution in [3.8, 4) is 16.9 Å². The Kier molecular flexibility index (Phi) is 5.86. The highest BCUT2D eigenvalue weighted by Crippen LogP contribution is 2.32. The van der Waals surface area contributed by atoms with Crippen LogP contribution < -0.4 is 15.0 Å². The summed E-state index contributed by atoms with van der Waals surface area (Å²) >= 11 is 1.49. The largest absolute Gasteiger partial charge is 0.497 e. The molecule has 1 fully saturated rings. The first-order valence-corrected chi connectivity index (χ1v) is 10.8. The molecule has 154 valence electrons. The maximum absolute atomic E-state index is 12.7. The zero-order valence-electron chi connectivity index (χ0n) is 17.1. The van der Waals surface area contributed by atoms with Crippen molar-refractivity contribution in [2.75, 3.05) is 18.6 Å². The molecule has 1 aliphatic rings. The van der Waals surface area contributed by atoms with Gasteiger partial charge in [-0.15, -0.1) is 11.3 Å². The molecule has 2 heterocycles. The van der Waals surface area contributed by atoms with Gasteiger partial charge in [-0.1, -0.05) is 24.3 Å². The molecule has 0 saturated carbocycles. The second kappa shape index (κ2) is 8.71. The summed E-state index contributed by atoms with van der Waals surface area (Å²) in [7, 11) is 1.64.